The van der Waals surface area contributed by atoms with Gasteiger partial charge in [0.1, 0.15) is 11.9 Å². The number of nitrogens with zero attached hydrogens (tertiary/aromatic N) is 2. The van der Waals surface area contributed by atoms with Crippen LogP contribution < -0.4 is 4.74 Å². The van der Waals surface area contributed by atoms with Crippen molar-refractivity contribution in [2.75, 3.05) is 32.5 Å². The van der Waals surface area contributed by atoms with Crippen LogP contribution in [-0.2, 0) is 11.0 Å². The standard InChI is InChI=1S/C29H31ClF4N2O3S/c1-39-20-6-7-25-22(17-20)26(23(30)18-35-25)24(31)8-9-28(27(37)38)10-13-36(14-11-28)12-3-15-40-21-5-2-4-19(16-21)29(32,33)34/h2,4-7,16-18,24H,3,8-15H2,1H3,(H,37,38). The van der Waals surface area contributed by atoms with E-state index < -0.39 is 29.3 Å². The topological polar surface area (TPSA) is 62.7 Å². The van der Waals surface area contributed by atoms with Crippen molar-refractivity contribution in [2.24, 2.45) is 5.41 Å². The van der Waals surface area contributed by atoms with Gasteiger partial charge in [-0.3, -0.25) is 9.78 Å². The molecule has 0 saturated carbocycles. The highest BCUT2D eigenvalue weighted by Crippen LogP contribution is 2.42. The number of halogens is 5. The number of thioether (sulfide) groups is 1. The fourth-order valence-electron chi connectivity index (χ4n) is 5.18. The monoisotopic (exact) mass is 598 g/mol. The van der Waals surface area contributed by atoms with E-state index in [4.69, 9.17) is 16.3 Å². The first-order valence-corrected chi connectivity index (χ1v) is 14.4. The summed E-state index contributed by atoms with van der Waals surface area (Å²) in [6.45, 7) is 1.84. The number of ether oxygens (including phenoxy) is 1. The maximum atomic E-state index is 15.6. The van der Waals surface area contributed by atoms with Gasteiger partial charge in [0.25, 0.3) is 0 Å². The minimum Gasteiger partial charge on any atom is -0.497 e. The Balaban J connectivity index is 1.31. The first-order chi connectivity index (χ1) is 19.0. The number of likely N-dealkylation sites (tertiary alicyclic amines) is 1. The average Bonchev–Trinajstić information content (AvgIpc) is 2.94. The summed E-state index contributed by atoms with van der Waals surface area (Å²) in [6, 6.07) is 10.4. The number of carboxylic acids is 1. The molecule has 40 heavy (non-hydrogen) atoms. The highest BCUT2D eigenvalue weighted by atomic mass is 35.5. The van der Waals surface area contributed by atoms with Crippen LogP contribution in [-0.4, -0.2) is 53.5 Å². The minimum absolute atomic E-state index is 0.00989. The van der Waals surface area contributed by atoms with Crippen LogP contribution in [0.15, 0.2) is 53.6 Å². The predicted octanol–water partition coefficient (Wildman–Crippen LogP) is 8.06. The molecule has 1 aliphatic rings. The Bertz CT molecular complexity index is 1330. The Morgan fingerprint density at radius 3 is 2.65 bits per heavy atom. The molecule has 2 heterocycles. The molecule has 1 fully saturated rings. The molecule has 0 radical (unpaired) electrons. The molecule has 1 aliphatic heterocycles. The van der Waals surface area contributed by atoms with Gasteiger partial charge in [-0.15, -0.1) is 11.8 Å². The molecule has 1 aromatic heterocycles. The quantitative estimate of drug-likeness (QED) is 0.137. The molecular formula is C29H31ClF4N2O3S. The first kappa shape index (κ1) is 30.4. The van der Waals surface area contributed by atoms with Gasteiger partial charge in [0, 0.05) is 22.0 Å². The SMILES string of the molecule is COc1ccc2ncc(Cl)c(C(F)CCC3(C(=O)O)CCN(CCCSc4cccc(C(F)(F)F)c4)CC3)c2c1. The van der Waals surface area contributed by atoms with Crippen molar-refractivity contribution in [3.8, 4) is 5.75 Å². The van der Waals surface area contributed by atoms with E-state index in [2.05, 4.69) is 9.88 Å². The summed E-state index contributed by atoms with van der Waals surface area (Å²) < 4.78 is 59.7. The Kier molecular flexibility index (Phi) is 9.85. The van der Waals surface area contributed by atoms with Crippen LogP contribution in [0.25, 0.3) is 10.9 Å². The number of carboxylic acid groups (broad SMARTS) is 1. The Hall–Kier alpha value is -2.56. The van der Waals surface area contributed by atoms with Crippen LogP contribution in [0.4, 0.5) is 17.6 Å². The molecule has 1 N–H and O–H groups in total. The van der Waals surface area contributed by atoms with Crippen molar-refractivity contribution in [3.63, 3.8) is 0 Å². The van der Waals surface area contributed by atoms with E-state index in [0.29, 0.717) is 65.3 Å². The van der Waals surface area contributed by atoms with Gasteiger partial charge in [-0.1, -0.05) is 17.7 Å². The molecule has 0 aliphatic carbocycles. The molecule has 0 amide bonds. The normalized spacial score (nSPS) is 16.6. The van der Waals surface area contributed by atoms with Gasteiger partial charge in [-0.2, -0.15) is 13.2 Å². The number of benzene rings is 2. The predicted molar refractivity (Wildman–Crippen MR) is 149 cm³/mol. The molecule has 1 unspecified atom stereocenters. The average molecular weight is 599 g/mol. The summed E-state index contributed by atoms with van der Waals surface area (Å²) in [4.78, 5) is 19.3. The van der Waals surface area contributed by atoms with Gasteiger partial charge < -0.3 is 14.7 Å². The molecular weight excluding hydrogens is 568 g/mol. The first-order valence-electron chi connectivity index (χ1n) is 13.0. The Morgan fingerprint density at radius 1 is 1.23 bits per heavy atom. The summed E-state index contributed by atoms with van der Waals surface area (Å²) in [5.74, 6) is 0.274. The largest absolute Gasteiger partial charge is 0.497 e. The van der Waals surface area contributed by atoms with Gasteiger partial charge in [0.15, 0.2) is 0 Å². The lowest BCUT2D eigenvalue weighted by Gasteiger charge is -2.39. The van der Waals surface area contributed by atoms with Crippen LogP contribution >= 0.6 is 23.4 Å². The van der Waals surface area contributed by atoms with Crippen LogP contribution in [0.1, 0.15) is 49.4 Å². The number of piperidine rings is 1. The number of alkyl halides is 4. The van der Waals surface area contributed by atoms with E-state index in [9.17, 15) is 23.1 Å². The summed E-state index contributed by atoms with van der Waals surface area (Å²) in [5.41, 5.74) is -0.814. The second-order valence-corrected chi connectivity index (χ2v) is 11.6. The van der Waals surface area contributed by atoms with E-state index in [1.54, 1.807) is 24.3 Å². The summed E-state index contributed by atoms with van der Waals surface area (Å²) in [7, 11) is 1.52. The third-order valence-electron chi connectivity index (χ3n) is 7.57. The number of pyridine rings is 1. The number of fused-ring (bicyclic) bond motifs is 1. The smallest absolute Gasteiger partial charge is 0.416 e. The lowest BCUT2D eigenvalue weighted by molar-refractivity contribution is -0.153. The fourth-order valence-corrected chi connectivity index (χ4v) is 6.34. The Labute approximate surface area is 239 Å². The molecule has 5 nitrogen and oxygen atoms in total. The number of methoxy groups -OCH3 is 1. The number of hydrogen-bond donors (Lipinski definition) is 1. The van der Waals surface area contributed by atoms with E-state index in [1.807, 2.05) is 0 Å². The van der Waals surface area contributed by atoms with Gasteiger partial charge in [-0.25, -0.2) is 4.39 Å². The van der Waals surface area contributed by atoms with Crippen molar-refractivity contribution < 1.29 is 32.2 Å². The molecule has 1 saturated heterocycles. The fraction of sp³-hybridized carbons (Fsp3) is 0.448. The number of aliphatic carboxylic acids is 1. The van der Waals surface area contributed by atoms with E-state index in [-0.39, 0.29) is 17.9 Å². The molecule has 11 heteroatoms. The van der Waals surface area contributed by atoms with Crippen molar-refractivity contribution >= 4 is 40.2 Å². The zero-order chi connectivity index (χ0) is 28.9. The maximum absolute atomic E-state index is 15.6. The van der Waals surface area contributed by atoms with E-state index in [0.717, 1.165) is 18.6 Å². The highest BCUT2D eigenvalue weighted by molar-refractivity contribution is 7.99. The zero-order valence-corrected chi connectivity index (χ0v) is 23.6. The number of rotatable bonds is 11. The molecule has 3 aromatic rings. The second kappa shape index (κ2) is 13.0. The van der Waals surface area contributed by atoms with E-state index >= 15 is 4.39 Å². The third-order valence-corrected chi connectivity index (χ3v) is 8.95. The molecule has 2 aromatic carbocycles. The highest BCUT2D eigenvalue weighted by Gasteiger charge is 2.41. The summed E-state index contributed by atoms with van der Waals surface area (Å²) in [5, 5.41) is 10.8. The van der Waals surface area contributed by atoms with Crippen molar-refractivity contribution in [1.82, 2.24) is 9.88 Å². The van der Waals surface area contributed by atoms with Crippen LogP contribution in [0.2, 0.25) is 5.02 Å². The van der Waals surface area contributed by atoms with Crippen LogP contribution in [0.5, 0.6) is 5.75 Å². The number of carbonyl (C=O) groups is 1. The van der Waals surface area contributed by atoms with Gasteiger partial charge in [-0.05, 0) is 93.9 Å². The van der Waals surface area contributed by atoms with Gasteiger partial charge in [0.05, 0.1) is 28.6 Å². The summed E-state index contributed by atoms with van der Waals surface area (Å²) >= 11 is 7.71. The molecule has 1 atom stereocenters. The second-order valence-electron chi connectivity index (χ2n) is 10.1. The van der Waals surface area contributed by atoms with Crippen LogP contribution in [0.3, 0.4) is 0 Å². The number of hydrogen-bond acceptors (Lipinski definition) is 5. The molecule has 216 valence electrons. The molecule has 4 rings (SSSR count). The maximum Gasteiger partial charge on any atom is 0.416 e. The van der Waals surface area contributed by atoms with Crippen molar-refractivity contribution in [2.45, 2.75) is 49.3 Å². The third kappa shape index (κ3) is 7.19. The van der Waals surface area contributed by atoms with E-state index in [1.165, 1.54) is 31.1 Å². The van der Waals surface area contributed by atoms with Crippen molar-refractivity contribution in [3.05, 3.63) is 64.8 Å². The van der Waals surface area contributed by atoms with Gasteiger partial charge >= 0.3 is 12.1 Å². The minimum atomic E-state index is -4.37. The molecule has 0 spiro atoms. The van der Waals surface area contributed by atoms with Gasteiger partial charge in [0.2, 0.25) is 0 Å². The number of aromatic nitrogens is 1. The lowest BCUT2D eigenvalue weighted by atomic mass is 9.74. The lowest BCUT2D eigenvalue weighted by Crippen LogP contribution is -2.44. The zero-order valence-electron chi connectivity index (χ0n) is 22.0. The van der Waals surface area contributed by atoms with Crippen molar-refractivity contribution in [1.29, 1.82) is 0 Å². The summed E-state index contributed by atoms with van der Waals surface area (Å²) in [6.07, 6.45) is -2.69. The Morgan fingerprint density at radius 2 is 1.98 bits per heavy atom. The van der Waals surface area contributed by atoms with Crippen LogP contribution in [0, 0.1) is 5.41 Å². The molecule has 0 bridgehead atoms.